The van der Waals surface area contributed by atoms with Gasteiger partial charge in [0, 0.05) is 14.5 Å². The summed E-state index contributed by atoms with van der Waals surface area (Å²) >= 11 is 6.81. The molecule has 140 valence electrons. The molecular weight excluding hydrogens is 484 g/mol. The number of benzene rings is 3. The van der Waals surface area contributed by atoms with Gasteiger partial charge in [-0.2, -0.15) is 0 Å². The van der Waals surface area contributed by atoms with Gasteiger partial charge >= 0.3 is 0 Å². The van der Waals surface area contributed by atoms with Gasteiger partial charge in [0.15, 0.2) is 0 Å². The number of carbonyl (C=O) groups is 2. The van der Waals surface area contributed by atoms with Crippen LogP contribution in [0.3, 0.4) is 0 Å². The van der Waals surface area contributed by atoms with Gasteiger partial charge in [-0.15, -0.1) is 0 Å². The van der Waals surface area contributed by atoms with Crippen LogP contribution in [0.4, 0.5) is 5.69 Å². The molecule has 2 amide bonds. The zero-order valence-corrected chi connectivity index (χ0v) is 17.8. The third kappa shape index (κ3) is 5.41. The fraction of sp³-hybridized carbons (Fsp3) is 0. The SMILES string of the molecule is O=C(Nc1ccc(Br)cc1Br)C(=Cc1ccccc1)NC(=O)c1ccccc1. The predicted molar refractivity (Wildman–Crippen MR) is 119 cm³/mol. The summed E-state index contributed by atoms with van der Waals surface area (Å²) in [6, 6.07) is 23.5. The highest BCUT2D eigenvalue weighted by Gasteiger charge is 2.16. The van der Waals surface area contributed by atoms with E-state index in [9.17, 15) is 9.59 Å². The zero-order valence-electron chi connectivity index (χ0n) is 14.7. The van der Waals surface area contributed by atoms with Crippen LogP contribution in [0, 0.1) is 0 Å². The van der Waals surface area contributed by atoms with Gasteiger partial charge in [0.25, 0.3) is 11.8 Å². The molecule has 0 fully saturated rings. The second-order valence-electron chi connectivity index (χ2n) is 5.87. The van der Waals surface area contributed by atoms with E-state index < -0.39 is 5.91 Å². The normalized spacial score (nSPS) is 11.0. The van der Waals surface area contributed by atoms with Crippen molar-refractivity contribution in [2.75, 3.05) is 5.32 Å². The van der Waals surface area contributed by atoms with Crippen molar-refractivity contribution in [1.82, 2.24) is 5.32 Å². The van der Waals surface area contributed by atoms with Gasteiger partial charge in [0.2, 0.25) is 0 Å². The van der Waals surface area contributed by atoms with E-state index in [0.29, 0.717) is 11.3 Å². The molecule has 3 aromatic rings. The largest absolute Gasteiger partial charge is 0.320 e. The first-order valence-electron chi connectivity index (χ1n) is 8.42. The Bertz CT molecular complexity index is 1020. The van der Waals surface area contributed by atoms with E-state index in [1.165, 1.54) is 0 Å². The summed E-state index contributed by atoms with van der Waals surface area (Å²) in [6.07, 6.45) is 1.64. The maximum absolute atomic E-state index is 12.9. The Kier molecular flexibility index (Phi) is 6.79. The average molecular weight is 500 g/mol. The molecule has 3 rings (SSSR count). The van der Waals surface area contributed by atoms with Crippen molar-refractivity contribution in [1.29, 1.82) is 0 Å². The van der Waals surface area contributed by atoms with Crippen LogP contribution in [0.15, 0.2) is 93.5 Å². The lowest BCUT2D eigenvalue weighted by Crippen LogP contribution is -2.30. The topological polar surface area (TPSA) is 58.2 Å². The van der Waals surface area contributed by atoms with Crippen molar-refractivity contribution >= 4 is 55.4 Å². The van der Waals surface area contributed by atoms with Crippen molar-refractivity contribution in [2.45, 2.75) is 0 Å². The zero-order chi connectivity index (χ0) is 19.9. The van der Waals surface area contributed by atoms with Crippen molar-refractivity contribution in [2.24, 2.45) is 0 Å². The summed E-state index contributed by atoms with van der Waals surface area (Å²) in [7, 11) is 0. The molecule has 6 heteroatoms. The smallest absolute Gasteiger partial charge is 0.272 e. The second-order valence-corrected chi connectivity index (χ2v) is 7.64. The van der Waals surface area contributed by atoms with E-state index in [-0.39, 0.29) is 11.6 Å². The Balaban J connectivity index is 1.88. The van der Waals surface area contributed by atoms with Crippen LogP contribution < -0.4 is 10.6 Å². The third-order valence-corrected chi connectivity index (χ3v) is 4.97. The van der Waals surface area contributed by atoms with Crippen molar-refractivity contribution < 1.29 is 9.59 Å². The molecule has 28 heavy (non-hydrogen) atoms. The summed E-state index contributed by atoms with van der Waals surface area (Å²) in [4.78, 5) is 25.5. The highest BCUT2D eigenvalue weighted by Crippen LogP contribution is 2.26. The van der Waals surface area contributed by atoms with Crippen LogP contribution >= 0.6 is 31.9 Å². The lowest BCUT2D eigenvalue weighted by atomic mass is 10.1. The van der Waals surface area contributed by atoms with E-state index in [4.69, 9.17) is 0 Å². The Morgan fingerprint density at radius 3 is 2.11 bits per heavy atom. The van der Waals surface area contributed by atoms with Crippen LogP contribution in [0.5, 0.6) is 0 Å². The number of carbonyl (C=O) groups excluding carboxylic acids is 2. The molecular formula is C22H16Br2N2O2. The average Bonchev–Trinajstić information content (AvgIpc) is 2.71. The lowest BCUT2D eigenvalue weighted by Gasteiger charge is -2.12. The predicted octanol–water partition coefficient (Wildman–Crippen LogP) is 5.62. The maximum Gasteiger partial charge on any atom is 0.272 e. The van der Waals surface area contributed by atoms with Gasteiger partial charge in [-0.1, -0.05) is 64.5 Å². The minimum absolute atomic E-state index is 0.148. The fourth-order valence-corrected chi connectivity index (χ4v) is 3.59. The van der Waals surface area contributed by atoms with E-state index >= 15 is 0 Å². The Hall–Kier alpha value is -2.70. The number of hydrogen-bond donors (Lipinski definition) is 2. The summed E-state index contributed by atoms with van der Waals surface area (Å²) in [5.41, 5.74) is 2.02. The first kappa shape index (κ1) is 20.0. The van der Waals surface area contributed by atoms with Crippen LogP contribution in [-0.4, -0.2) is 11.8 Å². The monoisotopic (exact) mass is 498 g/mol. The third-order valence-electron chi connectivity index (χ3n) is 3.82. The minimum atomic E-state index is -0.420. The van der Waals surface area contributed by atoms with Crippen LogP contribution in [-0.2, 0) is 4.79 Å². The molecule has 0 aliphatic rings. The first-order valence-corrected chi connectivity index (χ1v) is 10.0. The molecule has 0 saturated carbocycles. The van der Waals surface area contributed by atoms with Crippen molar-refractivity contribution in [3.8, 4) is 0 Å². The van der Waals surface area contributed by atoms with Crippen LogP contribution in [0.1, 0.15) is 15.9 Å². The number of hydrogen-bond acceptors (Lipinski definition) is 2. The highest BCUT2D eigenvalue weighted by molar-refractivity contribution is 9.11. The molecule has 2 N–H and O–H groups in total. The fourth-order valence-electron chi connectivity index (χ4n) is 2.44. The van der Waals surface area contributed by atoms with Crippen LogP contribution in [0.25, 0.3) is 6.08 Å². The van der Waals surface area contributed by atoms with Gasteiger partial charge in [-0.3, -0.25) is 9.59 Å². The van der Waals surface area contributed by atoms with Crippen molar-refractivity contribution in [3.63, 3.8) is 0 Å². The molecule has 3 aromatic carbocycles. The molecule has 0 atom stereocenters. The molecule has 0 spiro atoms. The number of halogens is 2. The molecule has 0 radical (unpaired) electrons. The minimum Gasteiger partial charge on any atom is -0.320 e. The Morgan fingerprint density at radius 2 is 1.46 bits per heavy atom. The van der Waals surface area contributed by atoms with Gasteiger partial charge in [-0.25, -0.2) is 0 Å². The molecule has 0 bridgehead atoms. The Labute approximate surface area is 179 Å². The van der Waals surface area contributed by atoms with E-state index in [1.807, 2.05) is 48.5 Å². The number of anilines is 1. The first-order chi connectivity index (χ1) is 13.5. The Morgan fingerprint density at radius 1 is 0.821 bits per heavy atom. The van der Waals surface area contributed by atoms with E-state index in [1.54, 1.807) is 36.4 Å². The summed E-state index contributed by atoms with van der Waals surface area (Å²) < 4.78 is 1.61. The molecule has 0 unspecified atom stereocenters. The van der Waals surface area contributed by atoms with E-state index in [2.05, 4.69) is 42.5 Å². The van der Waals surface area contributed by atoms with Crippen molar-refractivity contribution in [3.05, 3.63) is 105 Å². The highest BCUT2D eigenvalue weighted by atomic mass is 79.9. The molecule has 4 nitrogen and oxygen atoms in total. The van der Waals surface area contributed by atoms with E-state index in [0.717, 1.165) is 14.5 Å². The molecule has 0 aliphatic carbocycles. The molecule has 0 aromatic heterocycles. The summed E-state index contributed by atoms with van der Waals surface area (Å²) in [5.74, 6) is -0.774. The summed E-state index contributed by atoms with van der Waals surface area (Å²) in [5, 5.41) is 5.54. The van der Waals surface area contributed by atoms with Crippen LogP contribution in [0.2, 0.25) is 0 Å². The number of rotatable bonds is 5. The standard InChI is InChI=1S/C22H16Br2N2O2/c23-17-11-12-19(18(24)14-17)25-22(28)20(13-15-7-3-1-4-8-15)26-21(27)16-9-5-2-6-10-16/h1-14H,(H,25,28)(H,26,27). The molecule has 0 heterocycles. The quantitative estimate of drug-likeness (QED) is 0.447. The second kappa shape index (κ2) is 9.48. The molecule has 0 saturated heterocycles. The lowest BCUT2D eigenvalue weighted by molar-refractivity contribution is -0.113. The summed E-state index contributed by atoms with van der Waals surface area (Å²) in [6.45, 7) is 0. The van der Waals surface area contributed by atoms with Gasteiger partial charge in [0.1, 0.15) is 5.70 Å². The van der Waals surface area contributed by atoms with Gasteiger partial charge in [-0.05, 0) is 57.9 Å². The number of nitrogens with one attached hydrogen (secondary N) is 2. The maximum atomic E-state index is 12.9. The molecule has 0 aliphatic heterocycles. The van der Waals surface area contributed by atoms with Gasteiger partial charge in [0.05, 0.1) is 5.69 Å². The van der Waals surface area contributed by atoms with Gasteiger partial charge < -0.3 is 10.6 Å². The number of amides is 2.